The Morgan fingerprint density at radius 3 is 2.72 bits per heavy atom. The van der Waals surface area contributed by atoms with Crippen molar-refractivity contribution in [3.63, 3.8) is 0 Å². The molecule has 0 saturated carbocycles. The van der Waals surface area contributed by atoms with Crippen LogP contribution in [0.5, 0.6) is 0 Å². The average molecular weight is 342 g/mol. The highest BCUT2D eigenvalue weighted by Gasteiger charge is 2.29. The molecule has 7 nitrogen and oxygen atoms in total. The molecule has 2 aromatic rings. The summed E-state index contributed by atoms with van der Waals surface area (Å²) in [5.74, 6) is 2.96. The Balaban J connectivity index is 1.30. The maximum atomic E-state index is 12.5. The highest BCUT2D eigenvalue weighted by Crippen LogP contribution is 2.29. The van der Waals surface area contributed by atoms with Gasteiger partial charge in [0.1, 0.15) is 11.6 Å². The van der Waals surface area contributed by atoms with Gasteiger partial charge in [-0.1, -0.05) is 0 Å². The van der Waals surface area contributed by atoms with Crippen LogP contribution >= 0.6 is 0 Å². The number of aryl methyl sites for hydroxylation is 4. The summed E-state index contributed by atoms with van der Waals surface area (Å²) in [5, 5.41) is 13.2. The van der Waals surface area contributed by atoms with Crippen LogP contribution in [0.2, 0.25) is 0 Å². The largest absolute Gasteiger partial charge is 0.343 e. The lowest BCUT2D eigenvalue weighted by Gasteiger charge is -2.31. The lowest BCUT2D eigenvalue weighted by Crippen LogP contribution is -2.38. The topological polar surface area (TPSA) is 68.8 Å². The Hall–Kier alpha value is -2.18. The van der Waals surface area contributed by atoms with Crippen molar-refractivity contribution in [2.24, 2.45) is 0 Å². The maximum Gasteiger partial charge on any atom is 0.224 e. The molecule has 0 N–H and O–H groups in total. The van der Waals surface area contributed by atoms with E-state index < -0.39 is 0 Å². The molecule has 134 valence electrons. The van der Waals surface area contributed by atoms with Crippen LogP contribution in [0.25, 0.3) is 0 Å². The van der Waals surface area contributed by atoms with E-state index in [-0.39, 0.29) is 5.91 Å². The first kappa shape index (κ1) is 16.3. The number of aromatic nitrogens is 5. The number of piperidine rings is 1. The zero-order valence-electron chi connectivity index (χ0n) is 15.1. The Labute approximate surface area is 148 Å². The third kappa shape index (κ3) is 3.19. The van der Waals surface area contributed by atoms with Gasteiger partial charge >= 0.3 is 0 Å². The second-order valence-electron chi connectivity index (χ2n) is 7.28. The summed E-state index contributed by atoms with van der Waals surface area (Å²) in [4.78, 5) is 14.5. The van der Waals surface area contributed by atoms with Gasteiger partial charge in [0.25, 0.3) is 0 Å². The SMILES string of the molecule is Cc1cc(C)n(CCC(=O)N2CCC(c3nnc4n3CCC4)CC2)n1. The molecule has 7 heteroatoms. The fourth-order valence-electron chi connectivity index (χ4n) is 4.12. The molecule has 0 unspecified atom stereocenters. The van der Waals surface area contributed by atoms with Gasteiger partial charge in [-0.2, -0.15) is 5.10 Å². The Morgan fingerprint density at radius 1 is 1.20 bits per heavy atom. The molecule has 0 bridgehead atoms. The van der Waals surface area contributed by atoms with Gasteiger partial charge in [0.05, 0.1) is 5.69 Å². The Bertz CT molecular complexity index is 769. The van der Waals surface area contributed by atoms with Gasteiger partial charge in [-0.05, 0) is 39.2 Å². The molecule has 0 radical (unpaired) electrons. The number of carbonyl (C=O) groups is 1. The van der Waals surface area contributed by atoms with Crippen molar-refractivity contribution in [3.05, 3.63) is 29.1 Å². The zero-order valence-corrected chi connectivity index (χ0v) is 15.1. The van der Waals surface area contributed by atoms with Gasteiger partial charge in [-0.25, -0.2) is 0 Å². The maximum absolute atomic E-state index is 12.5. The van der Waals surface area contributed by atoms with Crippen molar-refractivity contribution in [1.29, 1.82) is 0 Å². The first-order valence-corrected chi connectivity index (χ1v) is 9.32. The lowest BCUT2D eigenvalue weighted by molar-refractivity contribution is -0.132. The molecule has 4 heterocycles. The number of hydrogen-bond donors (Lipinski definition) is 0. The van der Waals surface area contributed by atoms with Crippen LogP contribution < -0.4 is 0 Å². The van der Waals surface area contributed by atoms with E-state index in [4.69, 9.17) is 0 Å². The molecule has 0 atom stereocenters. The summed E-state index contributed by atoms with van der Waals surface area (Å²) in [5.41, 5.74) is 2.12. The fourth-order valence-corrected chi connectivity index (χ4v) is 4.12. The summed E-state index contributed by atoms with van der Waals surface area (Å²) in [7, 11) is 0. The zero-order chi connectivity index (χ0) is 17.4. The summed E-state index contributed by atoms with van der Waals surface area (Å²) >= 11 is 0. The molecule has 25 heavy (non-hydrogen) atoms. The quantitative estimate of drug-likeness (QED) is 0.850. The minimum Gasteiger partial charge on any atom is -0.343 e. The molecule has 0 aromatic carbocycles. The highest BCUT2D eigenvalue weighted by molar-refractivity contribution is 5.76. The monoisotopic (exact) mass is 342 g/mol. The van der Waals surface area contributed by atoms with Crippen molar-refractivity contribution in [2.45, 2.75) is 65.0 Å². The van der Waals surface area contributed by atoms with E-state index in [1.165, 1.54) is 6.42 Å². The lowest BCUT2D eigenvalue weighted by atomic mass is 9.95. The van der Waals surface area contributed by atoms with Crippen LogP contribution in [-0.4, -0.2) is 48.4 Å². The Morgan fingerprint density at radius 2 is 2.00 bits per heavy atom. The van der Waals surface area contributed by atoms with Crippen LogP contribution in [-0.2, 0) is 24.3 Å². The number of carbonyl (C=O) groups excluding carboxylic acids is 1. The molecule has 1 amide bonds. The van der Waals surface area contributed by atoms with Gasteiger partial charge < -0.3 is 9.47 Å². The van der Waals surface area contributed by atoms with Crippen molar-refractivity contribution in [1.82, 2.24) is 29.4 Å². The predicted molar refractivity (Wildman–Crippen MR) is 93.2 cm³/mol. The first-order valence-electron chi connectivity index (χ1n) is 9.32. The van der Waals surface area contributed by atoms with Crippen molar-refractivity contribution in [2.75, 3.05) is 13.1 Å². The minimum absolute atomic E-state index is 0.234. The smallest absolute Gasteiger partial charge is 0.224 e. The van der Waals surface area contributed by atoms with E-state index in [0.717, 1.165) is 61.9 Å². The molecular weight excluding hydrogens is 316 g/mol. The molecular formula is C18H26N6O. The highest BCUT2D eigenvalue weighted by atomic mass is 16.2. The standard InChI is InChI=1S/C18H26N6O/c1-13-12-14(2)24(21-13)11-7-17(25)22-9-5-15(6-10-22)18-20-19-16-4-3-8-23(16)18/h12,15H,3-11H2,1-2H3. The van der Waals surface area contributed by atoms with E-state index in [0.29, 0.717) is 18.9 Å². The number of amides is 1. The third-order valence-corrected chi connectivity index (χ3v) is 5.49. The Kier molecular flexibility index (Phi) is 4.31. The van der Waals surface area contributed by atoms with Crippen LogP contribution in [0.3, 0.4) is 0 Å². The summed E-state index contributed by atoms with van der Waals surface area (Å²) in [6, 6.07) is 2.05. The van der Waals surface area contributed by atoms with Crippen LogP contribution in [0.15, 0.2) is 6.07 Å². The van der Waals surface area contributed by atoms with E-state index in [2.05, 4.69) is 19.9 Å². The molecule has 1 saturated heterocycles. The van der Waals surface area contributed by atoms with E-state index >= 15 is 0 Å². The van der Waals surface area contributed by atoms with Crippen molar-refractivity contribution >= 4 is 5.91 Å². The fraction of sp³-hybridized carbons (Fsp3) is 0.667. The molecule has 0 spiro atoms. The van der Waals surface area contributed by atoms with Gasteiger partial charge in [-0.15, -0.1) is 10.2 Å². The number of likely N-dealkylation sites (tertiary alicyclic amines) is 1. The molecule has 1 fully saturated rings. The minimum atomic E-state index is 0.234. The molecule has 2 aliphatic rings. The molecule has 4 rings (SSSR count). The first-order chi connectivity index (χ1) is 12.1. The summed E-state index contributed by atoms with van der Waals surface area (Å²) < 4.78 is 4.23. The van der Waals surface area contributed by atoms with E-state index in [1.54, 1.807) is 0 Å². The second kappa shape index (κ2) is 6.61. The molecule has 0 aliphatic carbocycles. The average Bonchev–Trinajstić information content (AvgIpc) is 3.28. The normalized spacial score (nSPS) is 17.9. The number of hydrogen-bond acceptors (Lipinski definition) is 4. The van der Waals surface area contributed by atoms with Gasteiger partial charge in [0.2, 0.25) is 5.91 Å². The molecule has 2 aromatic heterocycles. The van der Waals surface area contributed by atoms with Gasteiger partial charge in [0, 0.05) is 50.6 Å². The van der Waals surface area contributed by atoms with E-state index in [9.17, 15) is 4.79 Å². The molecule has 2 aliphatic heterocycles. The summed E-state index contributed by atoms with van der Waals surface area (Å²) in [6.07, 6.45) is 4.73. The summed E-state index contributed by atoms with van der Waals surface area (Å²) in [6.45, 7) is 7.38. The van der Waals surface area contributed by atoms with Crippen LogP contribution in [0.4, 0.5) is 0 Å². The second-order valence-corrected chi connectivity index (χ2v) is 7.28. The van der Waals surface area contributed by atoms with Gasteiger partial charge in [-0.3, -0.25) is 9.48 Å². The van der Waals surface area contributed by atoms with Crippen LogP contribution in [0, 0.1) is 13.8 Å². The predicted octanol–water partition coefficient (Wildman–Crippen LogP) is 1.83. The number of rotatable bonds is 4. The van der Waals surface area contributed by atoms with Crippen LogP contribution in [0.1, 0.15) is 54.6 Å². The van der Waals surface area contributed by atoms with E-state index in [1.807, 2.05) is 29.5 Å². The number of fused-ring (bicyclic) bond motifs is 1. The number of nitrogens with zero attached hydrogens (tertiary/aromatic N) is 6. The van der Waals surface area contributed by atoms with Crippen molar-refractivity contribution < 1.29 is 4.79 Å². The van der Waals surface area contributed by atoms with Crippen molar-refractivity contribution in [3.8, 4) is 0 Å². The third-order valence-electron chi connectivity index (χ3n) is 5.49. The van der Waals surface area contributed by atoms with Gasteiger partial charge in [0.15, 0.2) is 0 Å².